The standard InChI is InChI=1S/C20H26NO6PS/c1-4-25-28(24,26-5-2)27-16-13-12-15-17(18(16)29-6-3)20(23)21(19(15)22)14-10-8-7-9-11-14/h7-11,13,15,17-18H,4-6,12H2,1-3H3/t15-,17-,18+/m0/s1. The molecule has 1 fully saturated rings. The summed E-state index contributed by atoms with van der Waals surface area (Å²) in [6.45, 7) is 5.71. The van der Waals surface area contributed by atoms with Crippen LogP contribution >= 0.6 is 19.6 Å². The second-order valence-corrected chi connectivity index (χ2v) is 9.58. The first kappa shape index (κ1) is 22.1. The van der Waals surface area contributed by atoms with E-state index in [9.17, 15) is 14.2 Å². The number of imide groups is 1. The highest BCUT2D eigenvalue weighted by molar-refractivity contribution is 8.00. The summed E-state index contributed by atoms with van der Waals surface area (Å²) in [4.78, 5) is 27.6. The van der Waals surface area contributed by atoms with Crippen LogP contribution in [0, 0.1) is 11.8 Å². The van der Waals surface area contributed by atoms with Gasteiger partial charge in [-0.1, -0.05) is 25.1 Å². The molecular weight excluding hydrogens is 413 g/mol. The lowest BCUT2D eigenvalue weighted by atomic mass is 9.84. The van der Waals surface area contributed by atoms with Gasteiger partial charge < -0.3 is 4.52 Å². The Labute approximate surface area is 175 Å². The predicted octanol–water partition coefficient (Wildman–Crippen LogP) is 4.40. The zero-order chi connectivity index (χ0) is 21.0. The number of hydrogen-bond donors (Lipinski definition) is 0. The van der Waals surface area contributed by atoms with Crippen molar-refractivity contribution in [2.75, 3.05) is 23.9 Å². The van der Waals surface area contributed by atoms with Gasteiger partial charge in [-0.25, -0.2) is 9.46 Å². The number of thioether (sulfide) groups is 1. The number of para-hydroxylation sites is 1. The number of anilines is 1. The molecule has 1 aromatic rings. The van der Waals surface area contributed by atoms with Gasteiger partial charge in [0.05, 0.1) is 36.0 Å². The smallest absolute Gasteiger partial charge is 0.408 e. The number of allylic oxidation sites excluding steroid dienone is 1. The van der Waals surface area contributed by atoms with Gasteiger partial charge in [0, 0.05) is 0 Å². The largest absolute Gasteiger partial charge is 0.529 e. The van der Waals surface area contributed by atoms with Crippen molar-refractivity contribution in [1.29, 1.82) is 0 Å². The average molecular weight is 439 g/mol. The maximum absolute atomic E-state index is 13.3. The van der Waals surface area contributed by atoms with E-state index in [-0.39, 0.29) is 25.0 Å². The Morgan fingerprint density at radius 1 is 1.07 bits per heavy atom. The number of phosphoric acid groups is 1. The average Bonchev–Trinajstić information content (AvgIpc) is 2.95. The lowest BCUT2D eigenvalue weighted by molar-refractivity contribution is -0.122. The first-order valence-electron chi connectivity index (χ1n) is 9.79. The Balaban J connectivity index is 1.91. The number of fused-ring (bicyclic) bond motifs is 1. The van der Waals surface area contributed by atoms with Crippen LogP contribution in [0.2, 0.25) is 0 Å². The molecule has 0 saturated carbocycles. The van der Waals surface area contributed by atoms with Crippen molar-refractivity contribution in [3.05, 3.63) is 42.2 Å². The fourth-order valence-corrected chi connectivity index (χ4v) is 6.21. The third-order valence-corrected chi connectivity index (χ3v) is 7.61. The second-order valence-electron chi connectivity index (χ2n) is 6.57. The third-order valence-electron chi connectivity index (χ3n) is 4.81. The molecule has 9 heteroatoms. The minimum Gasteiger partial charge on any atom is -0.408 e. The van der Waals surface area contributed by atoms with Gasteiger partial charge >= 0.3 is 7.82 Å². The van der Waals surface area contributed by atoms with Gasteiger partial charge in [-0.05, 0) is 44.2 Å². The topological polar surface area (TPSA) is 82.1 Å². The molecule has 0 aromatic heterocycles. The summed E-state index contributed by atoms with van der Waals surface area (Å²) in [7, 11) is -3.78. The zero-order valence-corrected chi connectivity index (χ0v) is 18.5. The molecule has 7 nitrogen and oxygen atoms in total. The summed E-state index contributed by atoms with van der Waals surface area (Å²) in [5.41, 5.74) is 0.564. The summed E-state index contributed by atoms with van der Waals surface area (Å²) in [5.74, 6) is -0.411. The molecule has 1 heterocycles. The fourth-order valence-electron chi connectivity index (χ4n) is 3.69. The minimum absolute atomic E-state index is 0.168. The van der Waals surface area contributed by atoms with Crippen LogP contribution in [-0.2, 0) is 27.7 Å². The minimum atomic E-state index is -3.78. The normalized spacial score (nSPS) is 24.4. The van der Waals surface area contributed by atoms with Crippen LogP contribution < -0.4 is 4.90 Å². The number of carbonyl (C=O) groups is 2. The van der Waals surface area contributed by atoms with E-state index in [4.69, 9.17) is 13.6 Å². The number of hydrogen-bond acceptors (Lipinski definition) is 7. The molecule has 0 bridgehead atoms. The summed E-state index contributed by atoms with van der Waals surface area (Å²) >= 11 is 1.49. The maximum Gasteiger partial charge on any atom is 0.529 e. The molecule has 0 unspecified atom stereocenters. The molecule has 1 aliphatic carbocycles. The molecule has 3 rings (SSSR count). The van der Waals surface area contributed by atoms with Gasteiger partial charge in [-0.2, -0.15) is 0 Å². The van der Waals surface area contributed by atoms with E-state index < -0.39 is 24.9 Å². The van der Waals surface area contributed by atoms with Gasteiger partial charge in [0.2, 0.25) is 11.8 Å². The van der Waals surface area contributed by atoms with E-state index >= 15 is 0 Å². The van der Waals surface area contributed by atoms with Crippen LogP contribution in [0.15, 0.2) is 42.2 Å². The van der Waals surface area contributed by atoms with E-state index in [1.165, 1.54) is 16.7 Å². The van der Waals surface area contributed by atoms with Crippen molar-refractivity contribution in [3.8, 4) is 0 Å². The van der Waals surface area contributed by atoms with E-state index in [1.54, 1.807) is 44.2 Å². The van der Waals surface area contributed by atoms with Crippen LogP contribution in [0.1, 0.15) is 27.2 Å². The molecule has 29 heavy (non-hydrogen) atoms. The van der Waals surface area contributed by atoms with Crippen LogP contribution in [0.25, 0.3) is 0 Å². The molecule has 1 aliphatic heterocycles. The van der Waals surface area contributed by atoms with Gasteiger partial charge in [-0.15, -0.1) is 11.8 Å². The third kappa shape index (κ3) is 4.45. The molecular formula is C20H26NO6PS. The van der Waals surface area contributed by atoms with Crippen molar-refractivity contribution >= 4 is 37.1 Å². The molecule has 158 valence electrons. The number of rotatable bonds is 9. The Kier molecular flexibility index (Phi) is 7.22. The lowest BCUT2D eigenvalue weighted by Gasteiger charge is -2.31. The van der Waals surface area contributed by atoms with E-state index in [0.717, 1.165) is 0 Å². The Bertz CT molecular complexity index is 820. The van der Waals surface area contributed by atoms with E-state index in [0.29, 0.717) is 23.6 Å². The van der Waals surface area contributed by atoms with E-state index in [1.807, 2.05) is 13.0 Å². The number of phosphoric ester groups is 1. The molecule has 0 spiro atoms. The van der Waals surface area contributed by atoms with Crippen molar-refractivity contribution in [2.24, 2.45) is 11.8 Å². The Morgan fingerprint density at radius 2 is 1.72 bits per heavy atom. The van der Waals surface area contributed by atoms with Crippen molar-refractivity contribution in [1.82, 2.24) is 0 Å². The molecule has 2 aliphatic rings. The first-order chi connectivity index (χ1) is 14.0. The van der Waals surface area contributed by atoms with Gasteiger partial charge in [0.15, 0.2) is 0 Å². The van der Waals surface area contributed by atoms with Gasteiger partial charge in [0.25, 0.3) is 0 Å². The molecule has 1 aromatic carbocycles. The molecule has 2 amide bonds. The summed E-state index contributed by atoms with van der Waals surface area (Å²) < 4.78 is 29.1. The number of amides is 2. The lowest BCUT2D eigenvalue weighted by Crippen LogP contribution is -2.35. The summed E-state index contributed by atoms with van der Waals surface area (Å²) in [6.07, 6.45) is 2.09. The summed E-state index contributed by atoms with van der Waals surface area (Å²) in [6, 6.07) is 8.92. The number of benzene rings is 1. The van der Waals surface area contributed by atoms with Crippen molar-refractivity contribution in [3.63, 3.8) is 0 Å². The van der Waals surface area contributed by atoms with Crippen LogP contribution in [0.4, 0.5) is 5.69 Å². The monoisotopic (exact) mass is 439 g/mol. The molecule has 0 radical (unpaired) electrons. The van der Waals surface area contributed by atoms with Crippen LogP contribution in [0.5, 0.6) is 0 Å². The summed E-state index contributed by atoms with van der Waals surface area (Å²) in [5, 5.41) is -0.432. The van der Waals surface area contributed by atoms with Crippen molar-refractivity contribution < 1.29 is 27.7 Å². The van der Waals surface area contributed by atoms with Crippen LogP contribution in [0.3, 0.4) is 0 Å². The molecule has 1 saturated heterocycles. The van der Waals surface area contributed by atoms with Crippen LogP contribution in [-0.4, -0.2) is 36.0 Å². The first-order valence-corrected chi connectivity index (χ1v) is 12.3. The number of carbonyl (C=O) groups excluding carboxylic acids is 2. The van der Waals surface area contributed by atoms with E-state index in [2.05, 4.69) is 0 Å². The predicted molar refractivity (Wildman–Crippen MR) is 112 cm³/mol. The fraction of sp³-hybridized carbons (Fsp3) is 0.500. The zero-order valence-electron chi connectivity index (χ0n) is 16.8. The maximum atomic E-state index is 13.3. The Hall–Kier alpha value is -1.60. The second kappa shape index (κ2) is 9.47. The highest BCUT2D eigenvalue weighted by Crippen LogP contribution is 2.55. The molecule has 0 N–H and O–H groups in total. The SMILES string of the molecule is CCOP(=O)(OCC)OC1=CC[C@@H]2C(=O)N(c3ccccc3)C(=O)[C@@H]2[C@@H]1SCC. The Morgan fingerprint density at radius 3 is 2.31 bits per heavy atom. The van der Waals surface area contributed by atoms with Crippen molar-refractivity contribution in [2.45, 2.75) is 32.4 Å². The number of nitrogens with zero attached hydrogens (tertiary/aromatic N) is 1. The highest BCUT2D eigenvalue weighted by atomic mass is 32.2. The highest BCUT2D eigenvalue weighted by Gasteiger charge is 2.54. The quantitative estimate of drug-likeness (QED) is 0.417. The van der Waals surface area contributed by atoms with Gasteiger partial charge in [-0.3, -0.25) is 18.6 Å². The molecule has 3 atom stereocenters. The van der Waals surface area contributed by atoms with Gasteiger partial charge in [0.1, 0.15) is 5.76 Å².